The molecule has 0 aliphatic rings. The van der Waals surface area contributed by atoms with Crippen molar-refractivity contribution in [2.75, 3.05) is 26.8 Å². The van der Waals surface area contributed by atoms with Crippen LogP contribution in [-0.4, -0.2) is 43.7 Å². The lowest BCUT2D eigenvalue weighted by molar-refractivity contribution is 0.0951. The molecule has 0 saturated carbocycles. The summed E-state index contributed by atoms with van der Waals surface area (Å²) in [5.41, 5.74) is 0.825. The average Bonchev–Trinajstić information content (AvgIpc) is 2.68. The summed E-state index contributed by atoms with van der Waals surface area (Å²) < 4.78 is 11.4. The maximum Gasteiger partial charge on any atom is 0.251 e. The summed E-state index contributed by atoms with van der Waals surface area (Å²) in [6.45, 7) is 3.14. The second-order valence-electron chi connectivity index (χ2n) is 5.84. The van der Waals surface area contributed by atoms with Crippen molar-refractivity contribution in [2.45, 2.75) is 13.3 Å². The molecule has 7 nitrogen and oxygen atoms in total. The number of hydrogen-bond acceptors (Lipinski definition) is 5. The van der Waals surface area contributed by atoms with E-state index in [0.717, 1.165) is 0 Å². The minimum Gasteiger partial charge on any atom is -0.508 e. The van der Waals surface area contributed by atoms with E-state index in [1.807, 2.05) is 6.92 Å². The van der Waals surface area contributed by atoms with Crippen molar-refractivity contribution in [3.8, 4) is 17.2 Å². The van der Waals surface area contributed by atoms with Crippen LogP contribution in [0, 0.1) is 0 Å². The molecular formula is C20H23BrN2O5. The lowest BCUT2D eigenvalue weighted by Crippen LogP contribution is -2.29. The van der Waals surface area contributed by atoms with Crippen LogP contribution in [0.15, 0.2) is 40.9 Å². The first kappa shape index (κ1) is 21.6. The van der Waals surface area contributed by atoms with Crippen molar-refractivity contribution in [2.24, 2.45) is 0 Å². The van der Waals surface area contributed by atoms with Gasteiger partial charge in [-0.3, -0.25) is 9.59 Å². The number of phenols is 1. The quantitative estimate of drug-likeness (QED) is 0.510. The zero-order valence-corrected chi connectivity index (χ0v) is 17.3. The highest BCUT2D eigenvalue weighted by molar-refractivity contribution is 9.10. The van der Waals surface area contributed by atoms with Gasteiger partial charge in [0.2, 0.25) is 0 Å². The minimum absolute atomic E-state index is 0.0388. The summed E-state index contributed by atoms with van der Waals surface area (Å²) in [6.07, 6.45) is 0.561. The molecule has 0 spiro atoms. The molecule has 28 heavy (non-hydrogen) atoms. The lowest BCUT2D eigenvalue weighted by atomic mass is 10.2. The van der Waals surface area contributed by atoms with Crippen LogP contribution in [0.4, 0.5) is 0 Å². The number of benzene rings is 2. The van der Waals surface area contributed by atoms with Crippen molar-refractivity contribution >= 4 is 27.7 Å². The fraction of sp³-hybridized carbons (Fsp3) is 0.300. The van der Waals surface area contributed by atoms with Crippen molar-refractivity contribution in [1.82, 2.24) is 10.6 Å². The van der Waals surface area contributed by atoms with Gasteiger partial charge in [-0.15, -0.1) is 0 Å². The third kappa shape index (κ3) is 5.88. The van der Waals surface area contributed by atoms with Crippen LogP contribution in [0.3, 0.4) is 0 Å². The lowest BCUT2D eigenvalue weighted by Gasteiger charge is -2.13. The minimum atomic E-state index is -0.276. The molecule has 0 fully saturated rings. The molecule has 0 heterocycles. The van der Waals surface area contributed by atoms with Gasteiger partial charge in [-0.25, -0.2) is 0 Å². The monoisotopic (exact) mass is 450 g/mol. The molecule has 0 saturated heterocycles. The van der Waals surface area contributed by atoms with Gasteiger partial charge in [0.15, 0.2) is 11.5 Å². The number of nitrogens with one attached hydrogen (secondary N) is 2. The topological polar surface area (TPSA) is 96.9 Å². The molecule has 8 heteroatoms. The highest BCUT2D eigenvalue weighted by Gasteiger charge is 2.15. The molecule has 0 aromatic heterocycles. The van der Waals surface area contributed by atoms with Gasteiger partial charge in [-0.2, -0.15) is 0 Å². The zero-order valence-electron chi connectivity index (χ0n) is 15.8. The van der Waals surface area contributed by atoms with Gasteiger partial charge >= 0.3 is 0 Å². The Bertz CT molecular complexity index is 841. The number of methoxy groups -OCH3 is 1. The number of ether oxygens (including phenoxy) is 2. The van der Waals surface area contributed by atoms with Crippen LogP contribution in [-0.2, 0) is 0 Å². The molecule has 0 radical (unpaired) electrons. The summed E-state index contributed by atoms with van der Waals surface area (Å²) >= 11 is 3.39. The number of amides is 2. The van der Waals surface area contributed by atoms with Crippen molar-refractivity contribution in [1.29, 1.82) is 0 Å². The number of phenolic OH excluding ortho intramolecular Hbond substituents is 1. The maximum atomic E-state index is 12.3. The maximum absolute atomic E-state index is 12.3. The SMILES string of the molecule is CCOc1c(Br)cc(C(=O)NCCCNC(=O)c2cccc(O)c2)cc1OC. The molecule has 150 valence electrons. The van der Waals surface area contributed by atoms with E-state index >= 15 is 0 Å². The van der Waals surface area contributed by atoms with Crippen molar-refractivity contribution in [3.63, 3.8) is 0 Å². The standard InChI is InChI=1S/C20H23BrN2O5/c1-3-28-18-16(21)11-14(12-17(18)27-2)20(26)23-9-5-8-22-19(25)13-6-4-7-15(24)10-13/h4,6-7,10-12,24H,3,5,8-9H2,1-2H3,(H,22,25)(H,23,26). The summed E-state index contributed by atoms with van der Waals surface area (Å²) in [4.78, 5) is 24.3. The molecule has 2 aromatic rings. The van der Waals surface area contributed by atoms with Crippen molar-refractivity contribution < 1.29 is 24.2 Å². The normalized spacial score (nSPS) is 10.2. The summed E-state index contributed by atoms with van der Waals surface area (Å²) in [5.74, 6) is 0.539. The van der Waals surface area contributed by atoms with Gasteiger partial charge in [0.1, 0.15) is 5.75 Å². The molecule has 3 N–H and O–H groups in total. The highest BCUT2D eigenvalue weighted by Crippen LogP contribution is 2.36. The van der Waals surface area contributed by atoms with E-state index < -0.39 is 0 Å². The Balaban J connectivity index is 1.82. The van der Waals surface area contributed by atoms with Crippen LogP contribution < -0.4 is 20.1 Å². The largest absolute Gasteiger partial charge is 0.508 e. The Morgan fingerprint density at radius 1 is 1.07 bits per heavy atom. The number of hydrogen-bond donors (Lipinski definition) is 3. The van der Waals surface area contributed by atoms with E-state index in [9.17, 15) is 14.7 Å². The molecule has 0 atom stereocenters. The molecule has 2 amide bonds. The number of carbonyl (C=O) groups excluding carboxylic acids is 2. The molecule has 0 aliphatic heterocycles. The van der Waals surface area contributed by atoms with Gasteiger partial charge in [-0.1, -0.05) is 6.07 Å². The summed E-state index contributed by atoms with van der Waals surface area (Å²) in [7, 11) is 1.52. The predicted octanol–water partition coefficient (Wildman–Crippen LogP) is 3.11. The fourth-order valence-corrected chi connectivity index (χ4v) is 3.04. The predicted molar refractivity (Wildman–Crippen MR) is 109 cm³/mol. The second-order valence-corrected chi connectivity index (χ2v) is 6.69. The van der Waals surface area contributed by atoms with Gasteiger partial charge in [0.25, 0.3) is 11.8 Å². The van der Waals surface area contributed by atoms with E-state index in [2.05, 4.69) is 26.6 Å². The van der Waals surface area contributed by atoms with Crippen LogP contribution in [0.2, 0.25) is 0 Å². The number of carbonyl (C=O) groups is 2. The number of aromatic hydroxyl groups is 1. The number of rotatable bonds is 9. The van der Waals surface area contributed by atoms with E-state index in [1.165, 1.54) is 19.2 Å². The Kier molecular flexibility index (Phi) is 8.13. The molecule has 0 unspecified atom stereocenters. The summed E-state index contributed by atoms with van der Waals surface area (Å²) in [6, 6.07) is 9.41. The van der Waals surface area contributed by atoms with E-state index in [4.69, 9.17) is 9.47 Å². The van der Waals surface area contributed by atoms with E-state index in [1.54, 1.807) is 24.3 Å². The average molecular weight is 451 g/mol. The Hall–Kier alpha value is -2.74. The molecule has 0 bridgehead atoms. The summed E-state index contributed by atoms with van der Waals surface area (Å²) in [5, 5.41) is 14.9. The molecule has 2 aromatic carbocycles. The van der Waals surface area contributed by atoms with Gasteiger partial charge in [0.05, 0.1) is 18.2 Å². The van der Waals surface area contributed by atoms with E-state index in [0.29, 0.717) is 53.2 Å². The van der Waals surface area contributed by atoms with Gasteiger partial charge in [0, 0.05) is 24.2 Å². The number of halogens is 1. The van der Waals surface area contributed by atoms with Crippen LogP contribution in [0.5, 0.6) is 17.2 Å². The third-order valence-electron chi connectivity index (χ3n) is 3.81. The Morgan fingerprint density at radius 3 is 2.36 bits per heavy atom. The molecule has 0 aliphatic carbocycles. The Morgan fingerprint density at radius 2 is 1.75 bits per heavy atom. The first-order valence-electron chi connectivity index (χ1n) is 8.82. The first-order chi connectivity index (χ1) is 13.5. The smallest absolute Gasteiger partial charge is 0.251 e. The van der Waals surface area contributed by atoms with Gasteiger partial charge in [-0.05, 0) is 59.6 Å². The fourth-order valence-electron chi connectivity index (χ4n) is 2.48. The van der Waals surface area contributed by atoms with Crippen LogP contribution in [0.25, 0.3) is 0 Å². The van der Waals surface area contributed by atoms with Crippen LogP contribution in [0.1, 0.15) is 34.1 Å². The third-order valence-corrected chi connectivity index (χ3v) is 4.40. The molecule has 2 rings (SSSR count). The molecular weight excluding hydrogens is 428 g/mol. The van der Waals surface area contributed by atoms with Crippen LogP contribution >= 0.6 is 15.9 Å². The van der Waals surface area contributed by atoms with Crippen molar-refractivity contribution in [3.05, 3.63) is 52.0 Å². The van der Waals surface area contributed by atoms with Gasteiger partial charge < -0.3 is 25.2 Å². The highest BCUT2D eigenvalue weighted by atomic mass is 79.9. The van der Waals surface area contributed by atoms with E-state index in [-0.39, 0.29) is 17.6 Å². The second kappa shape index (κ2) is 10.6. The zero-order chi connectivity index (χ0) is 20.5. The Labute approximate surface area is 172 Å². The first-order valence-corrected chi connectivity index (χ1v) is 9.61.